The lowest BCUT2D eigenvalue weighted by molar-refractivity contribution is 0.187. The summed E-state index contributed by atoms with van der Waals surface area (Å²) in [6.07, 6.45) is 4.45. The predicted octanol–water partition coefficient (Wildman–Crippen LogP) is 1.67. The smallest absolute Gasteiger partial charge is 0.0658 e. The number of aliphatic hydroxyl groups excluding tert-OH is 1. The Labute approximate surface area is 78.7 Å². The fourth-order valence-corrected chi connectivity index (χ4v) is 2.82. The molecule has 2 atom stereocenters. The fourth-order valence-electron chi connectivity index (χ4n) is 1.54. The van der Waals surface area contributed by atoms with Crippen LogP contribution in [0, 0.1) is 0 Å². The highest BCUT2D eigenvalue weighted by atomic mass is 32.2. The van der Waals surface area contributed by atoms with E-state index in [1.165, 1.54) is 12.8 Å². The van der Waals surface area contributed by atoms with Crippen LogP contribution in [-0.2, 0) is 4.74 Å². The van der Waals surface area contributed by atoms with Gasteiger partial charge < -0.3 is 9.84 Å². The molecule has 1 rings (SSSR count). The minimum Gasteiger partial charge on any atom is -0.392 e. The molecule has 0 radical (unpaired) electrons. The number of aliphatic hydroxyl groups is 1. The van der Waals surface area contributed by atoms with Crippen LogP contribution in [0.4, 0.5) is 0 Å². The van der Waals surface area contributed by atoms with Crippen molar-refractivity contribution in [3.05, 3.63) is 0 Å². The van der Waals surface area contributed by atoms with Crippen LogP contribution in [0.1, 0.15) is 25.7 Å². The third-order valence-electron chi connectivity index (χ3n) is 2.24. The van der Waals surface area contributed by atoms with Gasteiger partial charge in [0.05, 0.1) is 6.10 Å². The first kappa shape index (κ1) is 10.4. The number of ether oxygens (including phenoxy) is 1. The molecule has 0 aromatic carbocycles. The second-order valence-corrected chi connectivity index (χ2v) is 4.60. The Morgan fingerprint density at radius 3 is 2.92 bits per heavy atom. The van der Waals surface area contributed by atoms with E-state index in [9.17, 15) is 5.11 Å². The second kappa shape index (κ2) is 5.84. The molecule has 1 aliphatic rings. The Kier molecular flexibility index (Phi) is 5.04. The van der Waals surface area contributed by atoms with Crippen LogP contribution in [0.15, 0.2) is 0 Å². The summed E-state index contributed by atoms with van der Waals surface area (Å²) >= 11 is 1.90. The maximum absolute atomic E-state index is 9.49. The highest BCUT2D eigenvalue weighted by Gasteiger charge is 2.24. The number of thioether (sulfide) groups is 1. The molecule has 0 bridgehead atoms. The predicted molar refractivity (Wildman–Crippen MR) is 52.6 cm³/mol. The first-order valence-electron chi connectivity index (χ1n) is 4.63. The molecule has 1 saturated carbocycles. The van der Waals surface area contributed by atoms with Crippen molar-refractivity contribution in [1.29, 1.82) is 0 Å². The van der Waals surface area contributed by atoms with Crippen molar-refractivity contribution in [3.8, 4) is 0 Å². The van der Waals surface area contributed by atoms with Crippen molar-refractivity contribution in [3.63, 3.8) is 0 Å². The van der Waals surface area contributed by atoms with E-state index in [1.807, 2.05) is 11.8 Å². The van der Waals surface area contributed by atoms with E-state index in [0.717, 1.165) is 25.2 Å². The maximum atomic E-state index is 9.49. The van der Waals surface area contributed by atoms with Gasteiger partial charge in [0.25, 0.3) is 0 Å². The molecule has 1 N–H and O–H groups in total. The van der Waals surface area contributed by atoms with Gasteiger partial charge >= 0.3 is 0 Å². The molecule has 0 aromatic heterocycles. The maximum Gasteiger partial charge on any atom is 0.0658 e. The Morgan fingerprint density at radius 1 is 1.50 bits per heavy atom. The molecule has 1 fully saturated rings. The Hall–Kier alpha value is 0.270. The van der Waals surface area contributed by atoms with E-state index in [1.54, 1.807) is 7.11 Å². The van der Waals surface area contributed by atoms with Gasteiger partial charge in [-0.05, 0) is 31.4 Å². The van der Waals surface area contributed by atoms with E-state index < -0.39 is 0 Å². The molecular weight excluding hydrogens is 172 g/mol. The van der Waals surface area contributed by atoms with Crippen LogP contribution in [0.5, 0.6) is 0 Å². The van der Waals surface area contributed by atoms with Gasteiger partial charge in [-0.25, -0.2) is 0 Å². The van der Waals surface area contributed by atoms with Gasteiger partial charge in [0, 0.05) is 19.0 Å². The summed E-state index contributed by atoms with van der Waals surface area (Å²) in [5, 5.41) is 10.00. The van der Waals surface area contributed by atoms with E-state index in [2.05, 4.69) is 0 Å². The summed E-state index contributed by atoms with van der Waals surface area (Å²) in [6.45, 7) is 0.843. The third kappa shape index (κ3) is 3.33. The quantitative estimate of drug-likeness (QED) is 0.669. The van der Waals surface area contributed by atoms with Gasteiger partial charge in [-0.1, -0.05) is 0 Å². The van der Waals surface area contributed by atoms with Crippen molar-refractivity contribution in [2.45, 2.75) is 37.0 Å². The lowest BCUT2D eigenvalue weighted by Gasteiger charge is -2.13. The van der Waals surface area contributed by atoms with Gasteiger partial charge in [-0.3, -0.25) is 0 Å². The topological polar surface area (TPSA) is 29.5 Å². The highest BCUT2D eigenvalue weighted by molar-refractivity contribution is 7.99. The summed E-state index contributed by atoms with van der Waals surface area (Å²) in [7, 11) is 1.73. The van der Waals surface area contributed by atoms with Crippen molar-refractivity contribution in [1.82, 2.24) is 0 Å². The normalized spacial score (nSPS) is 29.5. The number of hydrogen-bond acceptors (Lipinski definition) is 3. The first-order valence-corrected chi connectivity index (χ1v) is 5.68. The van der Waals surface area contributed by atoms with Crippen LogP contribution in [-0.4, -0.2) is 35.9 Å². The second-order valence-electron chi connectivity index (χ2n) is 3.25. The van der Waals surface area contributed by atoms with Crippen molar-refractivity contribution < 1.29 is 9.84 Å². The van der Waals surface area contributed by atoms with Crippen LogP contribution >= 0.6 is 11.8 Å². The van der Waals surface area contributed by atoms with Gasteiger partial charge in [-0.2, -0.15) is 11.8 Å². The van der Waals surface area contributed by atoms with E-state index in [-0.39, 0.29) is 6.10 Å². The summed E-state index contributed by atoms with van der Waals surface area (Å²) in [5.74, 6) is 1.12. The SMILES string of the molecule is COCCCS[C@H]1CCC[C@@H]1O. The number of methoxy groups -OCH3 is 1. The van der Waals surface area contributed by atoms with Crippen molar-refractivity contribution in [2.24, 2.45) is 0 Å². The zero-order valence-electron chi connectivity index (χ0n) is 7.66. The van der Waals surface area contributed by atoms with Gasteiger partial charge in [0.2, 0.25) is 0 Å². The summed E-state index contributed by atoms with van der Waals surface area (Å²) in [4.78, 5) is 0. The zero-order chi connectivity index (χ0) is 8.81. The molecule has 0 aromatic rings. The molecular formula is C9H18O2S. The summed E-state index contributed by atoms with van der Waals surface area (Å²) < 4.78 is 4.96. The lowest BCUT2D eigenvalue weighted by atomic mass is 10.3. The molecule has 0 amide bonds. The minimum atomic E-state index is -0.0439. The van der Waals surface area contributed by atoms with Crippen molar-refractivity contribution in [2.75, 3.05) is 19.5 Å². The molecule has 12 heavy (non-hydrogen) atoms. The number of rotatable bonds is 5. The average molecular weight is 190 g/mol. The average Bonchev–Trinajstić information content (AvgIpc) is 2.46. The Morgan fingerprint density at radius 2 is 2.33 bits per heavy atom. The van der Waals surface area contributed by atoms with E-state index in [4.69, 9.17) is 4.74 Å². The standard InChI is InChI=1S/C9H18O2S/c1-11-6-3-7-12-9-5-2-4-8(9)10/h8-10H,2-7H2,1H3/t8-,9-/m0/s1. The zero-order valence-corrected chi connectivity index (χ0v) is 8.48. The van der Waals surface area contributed by atoms with Gasteiger partial charge in [0.15, 0.2) is 0 Å². The van der Waals surface area contributed by atoms with E-state index in [0.29, 0.717) is 5.25 Å². The Bertz CT molecular complexity index is 119. The summed E-state index contributed by atoms with van der Waals surface area (Å²) in [6, 6.07) is 0. The Balaban J connectivity index is 1.98. The minimum absolute atomic E-state index is 0.0439. The van der Waals surface area contributed by atoms with Crippen LogP contribution in [0.2, 0.25) is 0 Å². The fraction of sp³-hybridized carbons (Fsp3) is 1.00. The summed E-state index contributed by atoms with van der Waals surface area (Å²) in [5.41, 5.74) is 0. The monoisotopic (exact) mass is 190 g/mol. The highest BCUT2D eigenvalue weighted by Crippen LogP contribution is 2.30. The molecule has 0 heterocycles. The molecule has 0 unspecified atom stereocenters. The molecule has 2 nitrogen and oxygen atoms in total. The number of hydrogen-bond donors (Lipinski definition) is 1. The van der Waals surface area contributed by atoms with Gasteiger partial charge in [-0.15, -0.1) is 0 Å². The molecule has 3 heteroatoms. The van der Waals surface area contributed by atoms with Crippen LogP contribution in [0.3, 0.4) is 0 Å². The third-order valence-corrected chi connectivity index (χ3v) is 3.74. The van der Waals surface area contributed by atoms with Crippen molar-refractivity contribution >= 4 is 11.8 Å². The van der Waals surface area contributed by atoms with Gasteiger partial charge in [0.1, 0.15) is 0 Å². The molecule has 0 spiro atoms. The molecule has 1 aliphatic carbocycles. The lowest BCUT2D eigenvalue weighted by Crippen LogP contribution is -2.15. The molecule has 0 saturated heterocycles. The van der Waals surface area contributed by atoms with Crippen LogP contribution in [0.25, 0.3) is 0 Å². The van der Waals surface area contributed by atoms with E-state index >= 15 is 0 Å². The molecule has 72 valence electrons. The largest absolute Gasteiger partial charge is 0.392 e. The molecule has 0 aliphatic heterocycles. The van der Waals surface area contributed by atoms with Crippen LogP contribution < -0.4 is 0 Å². The first-order chi connectivity index (χ1) is 5.84.